The van der Waals surface area contributed by atoms with Gasteiger partial charge >= 0.3 is 0 Å². The summed E-state index contributed by atoms with van der Waals surface area (Å²) < 4.78 is 0. The molecule has 2 rings (SSSR count). The van der Waals surface area contributed by atoms with Gasteiger partial charge in [-0.15, -0.1) is 0 Å². The maximum absolute atomic E-state index is 11.5. The van der Waals surface area contributed by atoms with Gasteiger partial charge in [0.25, 0.3) is 5.91 Å². The molecule has 2 aromatic rings. The number of nitrogens with one attached hydrogen (secondary N) is 2. The molecule has 0 aliphatic carbocycles. The van der Waals surface area contributed by atoms with E-state index in [9.17, 15) is 9.90 Å². The number of hydrogen-bond donors (Lipinski definition) is 3. The topological polar surface area (TPSA) is 74.2 Å². The van der Waals surface area contributed by atoms with E-state index in [-0.39, 0.29) is 11.7 Å². The average Bonchev–Trinajstić information content (AvgIpc) is 2.46. The molecular weight excluding hydrogens is 254 g/mol. The first-order valence-electron chi connectivity index (χ1n) is 6.30. The van der Waals surface area contributed by atoms with Gasteiger partial charge in [-0.1, -0.05) is 0 Å². The molecule has 1 aromatic heterocycles. The Labute approximate surface area is 117 Å². The normalized spacial score (nSPS) is 10.1. The minimum absolute atomic E-state index is 0.0974. The number of aryl methyl sites for hydroxylation is 1. The fraction of sp³-hybridized carbons (Fsp3) is 0.200. The van der Waals surface area contributed by atoms with Crippen molar-refractivity contribution in [3.05, 3.63) is 53.3 Å². The van der Waals surface area contributed by atoms with E-state index in [0.717, 1.165) is 16.9 Å². The van der Waals surface area contributed by atoms with Gasteiger partial charge in [-0.05, 0) is 42.8 Å². The van der Waals surface area contributed by atoms with Crippen molar-refractivity contribution >= 4 is 11.6 Å². The summed E-state index contributed by atoms with van der Waals surface area (Å²) in [7, 11) is 1.61. The minimum atomic E-state index is -0.0974. The fourth-order valence-corrected chi connectivity index (χ4v) is 1.85. The van der Waals surface area contributed by atoms with Crippen LogP contribution in [0.1, 0.15) is 21.6 Å². The highest BCUT2D eigenvalue weighted by molar-refractivity contribution is 5.94. The number of anilines is 1. The molecule has 1 aromatic carbocycles. The summed E-state index contributed by atoms with van der Waals surface area (Å²) in [6.45, 7) is 2.50. The number of carbonyl (C=O) groups is 1. The van der Waals surface area contributed by atoms with Crippen molar-refractivity contribution in [2.75, 3.05) is 12.4 Å². The molecule has 0 saturated heterocycles. The van der Waals surface area contributed by atoms with Gasteiger partial charge in [0.05, 0.1) is 18.4 Å². The Hall–Kier alpha value is -2.56. The van der Waals surface area contributed by atoms with Crippen LogP contribution in [0.2, 0.25) is 0 Å². The van der Waals surface area contributed by atoms with E-state index < -0.39 is 0 Å². The van der Waals surface area contributed by atoms with Crippen LogP contribution in [-0.4, -0.2) is 23.0 Å². The second-order valence-corrected chi connectivity index (χ2v) is 4.47. The maximum atomic E-state index is 11.5. The number of benzene rings is 1. The van der Waals surface area contributed by atoms with E-state index in [1.54, 1.807) is 25.2 Å². The molecule has 5 heteroatoms. The molecule has 20 heavy (non-hydrogen) atoms. The van der Waals surface area contributed by atoms with Crippen LogP contribution in [0.3, 0.4) is 0 Å². The van der Waals surface area contributed by atoms with E-state index in [1.807, 2.05) is 19.1 Å². The lowest BCUT2D eigenvalue weighted by molar-refractivity contribution is 0.0963. The second kappa shape index (κ2) is 6.06. The molecule has 0 bridgehead atoms. The fourth-order valence-electron chi connectivity index (χ4n) is 1.85. The number of hydrogen-bond acceptors (Lipinski definition) is 4. The number of rotatable bonds is 4. The van der Waals surface area contributed by atoms with Crippen molar-refractivity contribution < 1.29 is 9.90 Å². The van der Waals surface area contributed by atoms with E-state index >= 15 is 0 Å². The zero-order chi connectivity index (χ0) is 14.5. The Bertz CT molecular complexity index is 609. The van der Waals surface area contributed by atoms with Gasteiger partial charge < -0.3 is 15.7 Å². The number of aromatic nitrogens is 1. The third-order valence-electron chi connectivity index (χ3n) is 2.98. The smallest absolute Gasteiger partial charge is 0.251 e. The Kier molecular flexibility index (Phi) is 4.20. The molecule has 0 aliphatic heterocycles. The van der Waals surface area contributed by atoms with Crippen molar-refractivity contribution in [2.45, 2.75) is 13.5 Å². The lowest BCUT2D eigenvalue weighted by Crippen LogP contribution is -2.17. The van der Waals surface area contributed by atoms with Crippen molar-refractivity contribution in [3.8, 4) is 5.75 Å². The summed E-state index contributed by atoms with van der Waals surface area (Å²) >= 11 is 0. The molecule has 0 atom stereocenters. The Morgan fingerprint density at radius 1 is 1.30 bits per heavy atom. The van der Waals surface area contributed by atoms with Crippen LogP contribution in [-0.2, 0) is 6.54 Å². The first kappa shape index (κ1) is 13.9. The van der Waals surface area contributed by atoms with Gasteiger partial charge in [-0.3, -0.25) is 9.78 Å². The Balaban J connectivity index is 2.06. The van der Waals surface area contributed by atoms with E-state index in [4.69, 9.17) is 0 Å². The van der Waals surface area contributed by atoms with Crippen LogP contribution in [0.4, 0.5) is 5.69 Å². The largest absolute Gasteiger partial charge is 0.506 e. The molecule has 5 nitrogen and oxygen atoms in total. The van der Waals surface area contributed by atoms with Crippen LogP contribution in [0.5, 0.6) is 5.75 Å². The quantitative estimate of drug-likeness (QED) is 0.796. The molecule has 1 heterocycles. The highest BCUT2D eigenvalue weighted by atomic mass is 16.3. The number of amides is 1. The minimum Gasteiger partial charge on any atom is -0.506 e. The van der Waals surface area contributed by atoms with Gasteiger partial charge in [0.15, 0.2) is 0 Å². The van der Waals surface area contributed by atoms with E-state index in [2.05, 4.69) is 15.6 Å². The van der Waals surface area contributed by atoms with E-state index in [1.165, 1.54) is 6.20 Å². The number of aromatic hydroxyl groups is 1. The standard InChI is InChI=1S/C15H17N3O2/c1-10-7-11(15(20)16-2)3-6-14(10)18-8-12-4-5-13(19)9-17-12/h3-7,9,18-19H,8H2,1-2H3,(H,16,20). The molecule has 0 aliphatic rings. The summed E-state index contributed by atoms with van der Waals surface area (Å²) in [5.41, 5.74) is 3.41. The average molecular weight is 271 g/mol. The van der Waals surface area contributed by atoms with Gasteiger partial charge in [-0.25, -0.2) is 0 Å². The van der Waals surface area contributed by atoms with Gasteiger partial charge in [0.1, 0.15) is 5.75 Å². The van der Waals surface area contributed by atoms with Gasteiger partial charge in [-0.2, -0.15) is 0 Å². The summed E-state index contributed by atoms with van der Waals surface area (Å²) in [5.74, 6) is 0.0553. The van der Waals surface area contributed by atoms with Crippen LogP contribution in [0, 0.1) is 6.92 Å². The molecule has 104 valence electrons. The molecule has 0 fully saturated rings. The van der Waals surface area contributed by atoms with Crippen molar-refractivity contribution in [1.82, 2.24) is 10.3 Å². The van der Waals surface area contributed by atoms with Crippen molar-refractivity contribution in [1.29, 1.82) is 0 Å². The highest BCUT2D eigenvalue weighted by Crippen LogP contribution is 2.17. The predicted octanol–water partition coefficient (Wildman–Crippen LogP) is 2.07. The van der Waals surface area contributed by atoms with Gasteiger partial charge in [0, 0.05) is 18.3 Å². The first-order chi connectivity index (χ1) is 9.60. The lowest BCUT2D eigenvalue weighted by Gasteiger charge is -2.10. The van der Waals surface area contributed by atoms with Crippen molar-refractivity contribution in [2.24, 2.45) is 0 Å². The van der Waals surface area contributed by atoms with Crippen molar-refractivity contribution in [3.63, 3.8) is 0 Å². The zero-order valence-corrected chi connectivity index (χ0v) is 11.5. The first-order valence-corrected chi connectivity index (χ1v) is 6.30. The third-order valence-corrected chi connectivity index (χ3v) is 2.98. The molecule has 0 radical (unpaired) electrons. The number of carbonyl (C=O) groups excluding carboxylic acids is 1. The second-order valence-electron chi connectivity index (χ2n) is 4.47. The summed E-state index contributed by atoms with van der Waals surface area (Å²) in [5, 5.41) is 15.0. The molecule has 0 saturated carbocycles. The van der Waals surface area contributed by atoms with Crippen LogP contribution < -0.4 is 10.6 Å². The summed E-state index contributed by atoms with van der Waals surface area (Å²) in [6, 6.07) is 8.85. The molecule has 0 unspecified atom stereocenters. The van der Waals surface area contributed by atoms with Crippen LogP contribution in [0.15, 0.2) is 36.5 Å². The SMILES string of the molecule is CNC(=O)c1ccc(NCc2ccc(O)cn2)c(C)c1. The molecule has 0 spiro atoms. The maximum Gasteiger partial charge on any atom is 0.251 e. The Morgan fingerprint density at radius 2 is 2.10 bits per heavy atom. The summed E-state index contributed by atoms with van der Waals surface area (Å²) in [6.07, 6.45) is 1.42. The lowest BCUT2D eigenvalue weighted by atomic mass is 10.1. The summed E-state index contributed by atoms with van der Waals surface area (Å²) in [4.78, 5) is 15.6. The van der Waals surface area contributed by atoms with Gasteiger partial charge in [0.2, 0.25) is 0 Å². The zero-order valence-electron chi connectivity index (χ0n) is 11.5. The van der Waals surface area contributed by atoms with Crippen LogP contribution >= 0.6 is 0 Å². The van der Waals surface area contributed by atoms with E-state index in [0.29, 0.717) is 12.1 Å². The van der Waals surface area contributed by atoms with Crippen LogP contribution in [0.25, 0.3) is 0 Å². The molecule has 3 N–H and O–H groups in total. The molecule has 1 amide bonds. The Morgan fingerprint density at radius 3 is 2.70 bits per heavy atom. The highest BCUT2D eigenvalue weighted by Gasteiger charge is 2.06. The third kappa shape index (κ3) is 3.26. The number of nitrogens with zero attached hydrogens (tertiary/aromatic N) is 1. The number of pyridine rings is 1. The monoisotopic (exact) mass is 271 g/mol. The predicted molar refractivity (Wildman–Crippen MR) is 77.8 cm³/mol. The molecular formula is C15H17N3O2.